The number of hydroxylamine groups is 1. The van der Waals surface area contributed by atoms with Gasteiger partial charge in [-0.2, -0.15) is 0 Å². The molecule has 8 heteroatoms. The van der Waals surface area contributed by atoms with Crippen molar-refractivity contribution in [1.29, 1.82) is 0 Å². The van der Waals surface area contributed by atoms with E-state index in [0.29, 0.717) is 5.92 Å². The number of nitrogens with one attached hydrogen (secondary N) is 2. The lowest BCUT2D eigenvalue weighted by molar-refractivity contribution is -0.148. The van der Waals surface area contributed by atoms with Gasteiger partial charge in [-0.25, -0.2) is 5.48 Å². The normalized spacial score (nSPS) is 16.1. The van der Waals surface area contributed by atoms with E-state index in [2.05, 4.69) is 23.2 Å². The second-order valence-corrected chi connectivity index (χ2v) is 7.11. The Hall–Kier alpha value is -3.15. The Morgan fingerprint density at radius 3 is 2.40 bits per heavy atom. The van der Waals surface area contributed by atoms with Crippen molar-refractivity contribution in [2.45, 2.75) is 25.3 Å². The number of hydrogen-bond acceptors (Lipinski definition) is 5. The number of allylic oxidation sites excluding steroid dienone is 2. The third-order valence-electron chi connectivity index (χ3n) is 5.25. The van der Waals surface area contributed by atoms with Crippen molar-refractivity contribution in [3.8, 4) is 11.8 Å². The number of amides is 3. The molecule has 1 saturated heterocycles. The summed E-state index contributed by atoms with van der Waals surface area (Å²) in [6.07, 6.45) is 5.94. The van der Waals surface area contributed by atoms with Crippen molar-refractivity contribution in [3.63, 3.8) is 0 Å². The van der Waals surface area contributed by atoms with Crippen LogP contribution in [0.25, 0.3) is 0 Å². The fraction of sp³-hybridized carbons (Fsp3) is 0.409. The standard InChI is InChI=1S/C22H27N3O5/c1-22(20(27)23-2,21(28)24-29)25(3)19(26)18-10-8-16(9-11-18)6-4-5-7-17-12-14-30-15-13-17/h5,7-11,17,29H,12-15H2,1-3H3,(H,23,27)(H,24,28)/t22-/m0/s1. The minimum Gasteiger partial charge on any atom is -0.381 e. The number of nitrogens with zero attached hydrogens (tertiary/aromatic N) is 1. The first-order valence-corrected chi connectivity index (χ1v) is 9.65. The molecular weight excluding hydrogens is 386 g/mol. The van der Waals surface area contributed by atoms with E-state index in [1.807, 2.05) is 6.08 Å². The zero-order chi connectivity index (χ0) is 22.1. The second-order valence-electron chi connectivity index (χ2n) is 7.11. The molecular formula is C22H27N3O5. The summed E-state index contributed by atoms with van der Waals surface area (Å²) in [4.78, 5) is 38.1. The molecule has 1 aliphatic heterocycles. The van der Waals surface area contributed by atoms with Gasteiger partial charge in [0.05, 0.1) is 0 Å². The van der Waals surface area contributed by atoms with Gasteiger partial charge >= 0.3 is 0 Å². The Morgan fingerprint density at radius 2 is 1.83 bits per heavy atom. The van der Waals surface area contributed by atoms with E-state index in [0.717, 1.165) is 36.5 Å². The van der Waals surface area contributed by atoms with Crippen LogP contribution in [0.5, 0.6) is 0 Å². The van der Waals surface area contributed by atoms with Crippen LogP contribution in [-0.2, 0) is 14.3 Å². The number of rotatable bonds is 5. The number of benzene rings is 1. The van der Waals surface area contributed by atoms with Crippen molar-refractivity contribution in [2.75, 3.05) is 27.3 Å². The average Bonchev–Trinajstić information content (AvgIpc) is 2.80. The number of ether oxygens (including phenoxy) is 1. The summed E-state index contributed by atoms with van der Waals surface area (Å²) in [6, 6.07) is 6.54. The van der Waals surface area contributed by atoms with Gasteiger partial charge in [0, 0.05) is 38.4 Å². The van der Waals surface area contributed by atoms with Gasteiger partial charge in [-0.3, -0.25) is 19.6 Å². The molecule has 1 atom stereocenters. The van der Waals surface area contributed by atoms with Gasteiger partial charge in [0.15, 0.2) is 5.54 Å². The van der Waals surface area contributed by atoms with E-state index in [-0.39, 0.29) is 5.56 Å². The van der Waals surface area contributed by atoms with Crippen LogP contribution in [0, 0.1) is 17.8 Å². The highest BCUT2D eigenvalue weighted by Gasteiger charge is 2.47. The van der Waals surface area contributed by atoms with Crippen molar-refractivity contribution in [2.24, 2.45) is 5.92 Å². The van der Waals surface area contributed by atoms with E-state index >= 15 is 0 Å². The average molecular weight is 413 g/mol. The fourth-order valence-electron chi connectivity index (χ4n) is 3.07. The lowest BCUT2D eigenvalue weighted by atomic mass is 9.96. The topological polar surface area (TPSA) is 108 Å². The Balaban J connectivity index is 2.10. The van der Waals surface area contributed by atoms with Crippen LogP contribution in [0.4, 0.5) is 0 Å². The summed E-state index contributed by atoms with van der Waals surface area (Å²) in [7, 11) is 2.66. The van der Waals surface area contributed by atoms with Gasteiger partial charge in [-0.15, -0.1) is 0 Å². The largest absolute Gasteiger partial charge is 0.381 e. The third-order valence-corrected chi connectivity index (χ3v) is 5.25. The van der Waals surface area contributed by atoms with Gasteiger partial charge in [0.2, 0.25) is 0 Å². The van der Waals surface area contributed by atoms with E-state index in [4.69, 9.17) is 9.94 Å². The van der Waals surface area contributed by atoms with Gasteiger partial charge < -0.3 is 15.0 Å². The maximum Gasteiger partial charge on any atom is 0.278 e. The van der Waals surface area contributed by atoms with E-state index in [1.165, 1.54) is 26.5 Å². The molecule has 0 aliphatic carbocycles. The summed E-state index contributed by atoms with van der Waals surface area (Å²) in [5.41, 5.74) is 0.530. The zero-order valence-corrected chi connectivity index (χ0v) is 17.4. The Kier molecular flexibility index (Phi) is 8.16. The second kappa shape index (κ2) is 10.6. The minimum atomic E-state index is -1.92. The first kappa shape index (κ1) is 23.1. The van der Waals surface area contributed by atoms with Gasteiger partial charge in [0.25, 0.3) is 17.7 Å². The SMILES string of the molecule is CNC(=O)[C@@](C)(C(=O)NO)N(C)C(=O)c1ccc(C#CC=CC2CCOCC2)cc1. The Morgan fingerprint density at radius 1 is 1.20 bits per heavy atom. The van der Waals surface area contributed by atoms with E-state index in [1.54, 1.807) is 24.3 Å². The maximum absolute atomic E-state index is 12.8. The van der Waals surface area contributed by atoms with Crippen LogP contribution in [0.2, 0.25) is 0 Å². The zero-order valence-electron chi connectivity index (χ0n) is 17.4. The fourth-order valence-corrected chi connectivity index (χ4v) is 3.07. The molecule has 0 unspecified atom stereocenters. The lowest BCUT2D eigenvalue weighted by Gasteiger charge is -2.34. The molecule has 1 aromatic rings. The van der Waals surface area contributed by atoms with Gasteiger partial charge in [-0.05, 0) is 56.0 Å². The molecule has 8 nitrogen and oxygen atoms in total. The lowest BCUT2D eigenvalue weighted by Crippen LogP contribution is -2.64. The van der Waals surface area contributed by atoms with E-state index in [9.17, 15) is 14.4 Å². The molecule has 1 heterocycles. The van der Waals surface area contributed by atoms with Crippen LogP contribution in [0.3, 0.4) is 0 Å². The highest BCUT2D eigenvalue weighted by Crippen LogP contribution is 2.18. The van der Waals surface area contributed by atoms with Crippen molar-refractivity contribution in [1.82, 2.24) is 15.7 Å². The summed E-state index contributed by atoms with van der Waals surface area (Å²) < 4.78 is 5.32. The van der Waals surface area contributed by atoms with Crippen molar-refractivity contribution in [3.05, 3.63) is 47.5 Å². The molecule has 1 fully saturated rings. The van der Waals surface area contributed by atoms with Crippen molar-refractivity contribution < 1.29 is 24.3 Å². The summed E-state index contributed by atoms with van der Waals surface area (Å²) in [6.45, 7) is 2.82. The highest BCUT2D eigenvalue weighted by molar-refractivity contribution is 6.12. The number of likely N-dealkylation sites (N-methyl/N-ethyl adjacent to an activating group) is 2. The number of carbonyl (C=O) groups is 3. The quantitative estimate of drug-likeness (QED) is 0.290. The summed E-state index contributed by atoms with van der Waals surface area (Å²) in [5, 5.41) is 11.3. The summed E-state index contributed by atoms with van der Waals surface area (Å²) in [5.74, 6) is 4.19. The molecule has 3 N–H and O–H groups in total. The molecule has 1 aliphatic rings. The molecule has 0 bridgehead atoms. The monoisotopic (exact) mass is 413 g/mol. The Labute approximate surface area is 176 Å². The van der Waals surface area contributed by atoms with Gasteiger partial charge in [0.1, 0.15) is 0 Å². The predicted molar refractivity (Wildman–Crippen MR) is 110 cm³/mol. The van der Waals surface area contributed by atoms with Crippen LogP contribution in [-0.4, -0.2) is 60.7 Å². The number of carbonyl (C=O) groups excluding carboxylic acids is 3. The molecule has 30 heavy (non-hydrogen) atoms. The van der Waals surface area contributed by atoms with Gasteiger partial charge in [-0.1, -0.05) is 17.9 Å². The van der Waals surface area contributed by atoms with Crippen LogP contribution < -0.4 is 10.8 Å². The first-order valence-electron chi connectivity index (χ1n) is 9.65. The van der Waals surface area contributed by atoms with Crippen molar-refractivity contribution >= 4 is 17.7 Å². The predicted octanol–water partition coefficient (Wildman–Crippen LogP) is 1.10. The molecule has 0 aromatic heterocycles. The molecule has 1 aromatic carbocycles. The van der Waals surface area contributed by atoms with E-state index < -0.39 is 23.3 Å². The first-order chi connectivity index (χ1) is 14.3. The molecule has 160 valence electrons. The van der Waals surface area contributed by atoms with Crippen LogP contribution in [0.1, 0.15) is 35.7 Å². The van der Waals surface area contributed by atoms with Crippen LogP contribution >= 0.6 is 0 Å². The highest BCUT2D eigenvalue weighted by atomic mass is 16.5. The Bertz CT molecular complexity index is 845. The smallest absolute Gasteiger partial charge is 0.278 e. The molecule has 3 amide bonds. The molecule has 2 rings (SSSR count). The molecule has 0 spiro atoms. The van der Waals surface area contributed by atoms with Crippen LogP contribution in [0.15, 0.2) is 36.4 Å². The minimum absolute atomic E-state index is 0.279. The number of hydrogen-bond donors (Lipinski definition) is 3. The molecule has 0 saturated carbocycles. The maximum atomic E-state index is 12.8. The summed E-state index contributed by atoms with van der Waals surface area (Å²) >= 11 is 0. The third kappa shape index (κ3) is 5.26. The molecule has 0 radical (unpaired) electrons.